The Morgan fingerprint density at radius 1 is 1.30 bits per heavy atom. The Hall–Kier alpha value is -2.07. The molecule has 0 unspecified atom stereocenters. The van der Waals surface area contributed by atoms with Gasteiger partial charge >= 0.3 is 0 Å². The second-order valence-electron chi connectivity index (χ2n) is 4.65. The average molecular weight is 291 g/mol. The van der Waals surface area contributed by atoms with Gasteiger partial charge in [-0.2, -0.15) is 0 Å². The number of benzene rings is 1. The first kappa shape index (κ1) is 14.3. The highest BCUT2D eigenvalue weighted by Gasteiger charge is 2.10. The molecule has 0 aliphatic heterocycles. The monoisotopic (exact) mass is 290 g/mol. The summed E-state index contributed by atoms with van der Waals surface area (Å²) in [6.45, 7) is 3.78. The van der Waals surface area contributed by atoms with Crippen molar-refractivity contribution in [3.05, 3.63) is 63.0 Å². The molecule has 0 aliphatic rings. The summed E-state index contributed by atoms with van der Waals surface area (Å²) in [5, 5.41) is 3.25. The highest BCUT2D eigenvalue weighted by atomic mass is 35.5. The number of carbonyl (C=O) groups excluding carboxylic acids is 1. The molecule has 1 N–H and O–H groups in total. The van der Waals surface area contributed by atoms with E-state index in [4.69, 9.17) is 11.6 Å². The van der Waals surface area contributed by atoms with E-state index >= 15 is 0 Å². The van der Waals surface area contributed by atoms with Crippen molar-refractivity contribution in [2.24, 2.45) is 0 Å². The van der Waals surface area contributed by atoms with E-state index < -0.39 is 0 Å². The van der Waals surface area contributed by atoms with E-state index in [2.05, 4.69) is 5.32 Å². The second-order valence-corrected chi connectivity index (χ2v) is 5.06. The first-order valence-corrected chi connectivity index (χ1v) is 6.57. The van der Waals surface area contributed by atoms with Gasteiger partial charge in [-0.3, -0.25) is 9.59 Å². The van der Waals surface area contributed by atoms with Crippen LogP contribution in [0.2, 0.25) is 5.02 Å². The zero-order chi connectivity index (χ0) is 14.7. The Balaban J connectivity index is 2.17. The number of pyridine rings is 1. The first-order chi connectivity index (χ1) is 9.47. The lowest BCUT2D eigenvalue weighted by Crippen LogP contribution is -2.26. The molecule has 0 fully saturated rings. The Kier molecular flexibility index (Phi) is 4.25. The molecule has 104 valence electrons. The molecule has 0 aliphatic carbocycles. The topological polar surface area (TPSA) is 51.1 Å². The molecular weight excluding hydrogens is 276 g/mol. The average Bonchev–Trinajstić information content (AvgIpc) is 2.36. The zero-order valence-electron chi connectivity index (χ0n) is 11.3. The van der Waals surface area contributed by atoms with Crippen molar-refractivity contribution in [2.45, 2.75) is 20.4 Å². The largest absolute Gasteiger partial charge is 0.323 e. The van der Waals surface area contributed by atoms with Crippen LogP contribution in [0.15, 0.2) is 41.3 Å². The molecule has 0 saturated carbocycles. The maximum Gasteiger partial charge on any atom is 0.250 e. The van der Waals surface area contributed by atoms with Crippen molar-refractivity contribution in [2.75, 3.05) is 5.32 Å². The summed E-state index contributed by atoms with van der Waals surface area (Å²) < 4.78 is 1.34. The van der Waals surface area contributed by atoms with Crippen molar-refractivity contribution in [1.82, 2.24) is 4.57 Å². The van der Waals surface area contributed by atoms with Crippen LogP contribution in [0, 0.1) is 13.8 Å². The Bertz CT molecular complexity index is 684. The third kappa shape index (κ3) is 3.27. The van der Waals surface area contributed by atoms with E-state index in [-0.39, 0.29) is 18.0 Å². The summed E-state index contributed by atoms with van der Waals surface area (Å²) in [5.41, 5.74) is 2.30. The van der Waals surface area contributed by atoms with Gasteiger partial charge in [-0.15, -0.1) is 0 Å². The Morgan fingerprint density at radius 3 is 2.70 bits per heavy atom. The van der Waals surface area contributed by atoms with E-state index in [0.29, 0.717) is 10.7 Å². The Morgan fingerprint density at radius 2 is 2.05 bits per heavy atom. The molecule has 1 aromatic carbocycles. The minimum Gasteiger partial charge on any atom is -0.323 e. The molecule has 0 saturated heterocycles. The van der Waals surface area contributed by atoms with Gasteiger partial charge in [-0.25, -0.2) is 0 Å². The smallest absolute Gasteiger partial charge is 0.250 e. The number of nitrogens with zero attached hydrogens (tertiary/aromatic N) is 1. The first-order valence-electron chi connectivity index (χ1n) is 6.19. The summed E-state index contributed by atoms with van der Waals surface area (Å²) >= 11 is 6.13. The molecule has 20 heavy (non-hydrogen) atoms. The summed E-state index contributed by atoms with van der Waals surface area (Å²) in [6.07, 6.45) is 1.57. The molecule has 2 aromatic rings. The van der Waals surface area contributed by atoms with Crippen LogP contribution in [0.3, 0.4) is 0 Å². The normalized spacial score (nSPS) is 10.3. The van der Waals surface area contributed by atoms with Crippen LogP contribution in [0.5, 0.6) is 0 Å². The van der Waals surface area contributed by atoms with Crippen LogP contribution in [-0.4, -0.2) is 10.5 Å². The predicted octanol–water partition coefficient (Wildman–Crippen LogP) is 2.76. The van der Waals surface area contributed by atoms with Crippen molar-refractivity contribution < 1.29 is 4.79 Å². The summed E-state index contributed by atoms with van der Waals surface area (Å²) in [5.74, 6) is -0.285. The number of anilines is 1. The van der Waals surface area contributed by atoms with E-state index in [9.17, 15) is 9.59 Å². The molecule has 0 bridgehead atoms. The van der Waals surface area contributed by atoms with Crippen LogP contribution < -0.4 is 10.9 Å². The Labute approximate surface area is 122 Å². The number of hydrogen-bond donors (Lipinski definition) is 1. The molecule has 1 heterocycles. The van der Waals surface area contributed by atoms with Crippen LogP contribution in [-0.2, 0) is 11.3 Å². The molecule has 0 spiro atoms. The van der Waals surface area contributed by atoms with E-state index in [0.717, 1.165) is 11.1 Å². The van der Waals surface area contributed by atoms with Crippen molar-refractivity contribution in [3.8, 4) is 0 Å². The van der Waals surface area contributed by atoms with Crippen molar-refractivity contribution >= 4 is 23.2 Å². The van der Waals surface area contributed by atoms with Gasteiger partial charge in [0.05, 0.1) is 10.7 Å². The van der Waals surface area contributed by atoms with Gasteiger partial charge in [0, 0.05) is 12.3 Å². The van der Waals surface area contributed by atoms with E-state index in [1.54, 1.807) is 24.4 Å². The standard InChI is InChI=1S/C15H15ClN2O2/c1-10-7-11(2)15(12(16)8-10)17-13(19)9-18-6-4-3-5-14(18)20/h3-8H,9H2,1-2H3,(H,17,19). The number of hydrogen-bond acceptors (Lipinski definition) is 2. The molecule has 0 atom stereocenters. The van der Waals surface area contributed by atoms with E-state index in [1.807, 2.05) is 19.9 Å². The molecule has 1 amide bonds. The van der Waals surface area contributed by atoms with Gasteiger partial charge in [-0.05, 0) is 37.1 Å². The molecule has 4 nitrogen and oxygen atoms in total. The van der Waals surface area contributed by atoms with Crippen LogP contribution >= 0.6 is 11.6 Å². The molecule has 2 rings (SSSR count). The number of carbonyl (C=O) groups is 1. The fraction of sp³-hybridized carbons (Fsp3) is 0.200. The molecule has 0 radical (unpaired) electrons. The lowest BCUT2D eigenvalue weighted by atomic mass is 10.1. The number of amides is 1. The van der Waals surface area contributed by atoms with Crippen LogP contribution in [0.25, 0.3) is 0 Å². The van der Waals surface area contributed by atoms with Gasteiger partial charge < -0.3 is 9.88 Å². The number of rotatable bonds is 3. The maximum absolute atomic E-state index is 12.0. The second kappa shape index (κ2) is 5.92. The minimum absolute atomic E-state index is 0.0384. The van der Waals surface area contributed by atoms with Gasteiger partial charge in [0.1, 0.15) is 6.54 Å². The summed E-state index contributed by atoms with van der Waals surface area (Å²) in [4.78, 5) is 23.5. The van der Waals surface area contributed by atoms with Gasteiger partial charge in [0.25, 0.3) is 5.56 Å². The zero-order valence-corrected chi connectivity index (χ0v) is 12.1. The highest BCUT2D eigenvalue weighted by Crippen LogP contribution is 2.27. The minimum atomic E-state index is -0.285. The fourth-order valence-electron chi connectivity index (χ4n) is 2.00. The van der Waals surface area contributed by atoms with E-state index in [1.165, 1.54) is 10.6 Å². The number of aromatic nitrogens is 1. The summed E-state index contributed by atoms with van der Waals surface area (Å²) in [7, 11) is 0. The molecular formula is C15H15ClN2O2. The fourth-order valence-corrected chi connectivity index (χ4v) is 2.37. The highest BCUT2D eigenvalue weighted by molar-refractivity contribution is 6.34. The van der Waals surface area contributed by atoms with Crippen LogP contribution in [0.4, 0.5) is 5.69 Å². The van der Waals surface area contributed by atoms with Gasteiger partial charge in [0.15, 0.2) is 0 Å². The third-order valence-corrected chi connectivity index (χ3v) is 3.21. The summed E-state index contributed by atoms with van der Waals surface area (Å²) in [6, 6.07) is 8.49. The van der Waals surface area contributed by atoms with Gasteiger partial charge in [-0.1, -0.05) is 23.7 Å². The number of aryl methyl sites for hydroxylation is 2. The predicted molar refractivity (Wildman–Crippen MR) is 80.3 cm³/mol. The van der Waals surface area contributed by atoms with Crippen molar-refractivity contribution in [3.63, 3.8) is 0 Å². The quantitative estimate of drug-likeness (QED) is 0.945. The maximum atomic E-state index is 12.0. The molecule has 5 heteroatoms. The lowest BCUT2D eigenvalue weighted by Gasteiger charge is -2.12. The lowest BCUT2D eigenvalue weighted by molar-refractivity contribution is -0.116. The molecule has 1 aromatic heterocycles. The van der Waals surface area contributed by atoms with Crippen LogP contribution in [0.1, 0.15) is 11.1 Å². The van der Waals surface area contributed by atoms with Gasteiger partial charge in [0.2, 0.25) is 5.91 Å². The number of nitrogens with one attached hydrogen (secondary N) is 1. The third-order valence-electron chi connectivity index (χ3n) is 2.91. The number of halogens is 1. The van der Waals surface area contributed by atoms with Crippen molar-refractivity contribution in [1.29, 1.82) is 0 Å². The SMILES string of the molecule is Cc1cc(C)c(NC(=O)Cn2ccccc2=O)c(Cl)c1.